The zero-order valence-electron chi connectivity index (χ0n) is 15.3. The Bertz CT molecular complexity index is 749. The lowest BCUT2D eigenvalue weighted by atomic mass is 9.76. The van der Waals surface area contributed by atoms with Crippen molar-refractivity contribution in [1.29, 1.82) is 0 Å². The highest BCUT2D eigenvalue weighted by atomic mass is 19.1. The van der Waals surface area contributed by atoms with E-state index in [0.717, 1.165) is 37.1 Å². The van der Waals surface area contributed by atoms with Gasteiger partial charge in [0.25, 0.3) is 0 Å². The Morgan fingerprint density at radius 3 is 2.37 bits per heavy atom. The number of halogens is 1. The maximum Gasteiger partial charge on any atom is 0.123 e. The number of aliphatic hydroxyl groups is 2. The first kappa shape index (κ1) is 18.4. The summed E-state index contributed by atoms with van der Waals surface area (Å²) in [6.45, 7) is 1.82. The molecule has 144 valence electrons. The number of rotatable bonds is 5. The molecule has 2 aliphatic rings. The van der Waals surface area contributed by atoms with Gasteiger partial charge in [-0.15, -0.1) is 0 Å². The largest absolute Gasteiger partial charge is 0.489 e. The number of nitrogens with zero attached hydrogens (tertiary/aromatic N) is 1. The highest BCUT2D eigenvalue weighted by Gasteiger charge is 2.41. The molecule has 0 amide bonds. The van der Waals surface area contributed by atoms with Crippen molar-refractivity contribution < 1.29 is 19.3 Å². The molecule has 4 nitrogen and oxygen atoms in total. The average Bonchev–Trinajstić information content (AvgIpc) is 2.68. The van der Waals surface area contributed by atoms with Gasteiger partial charge in [-0.3, -0.25) is 4.90 Å². The molecule has 27 heavy (non-hydrogen) atoms. The van der Waals surface area contributed by atoms with Crippen molar-refractivity contribution in [3.05, 3.63) is 65.5 Å². The molecule has 4 rings (SSSR count). The standard InChI is InChI=1S/C22H26FNO3/c23-17-5-1-16(2-6-17)14-27-19-8-3-15(4-9-19)12-24-13-22(26)20-11-18(24)7-10-21(20)25/h1-6,8-9,18,20-22,25-26H,7,10-14H2/t18-,20-,21-,22+/m1/s1. The second kappa shape index (κ2) is 7.97. The highest BCUT2D eigenvalue weighted by molar-refractivity contribution is 5.28. The van der Waals surface area contributed by atoms with Crippen LogP contribution in [0.2, 0.25) is 0 Å². The molecule has 5 heteroatoms. The van der Waals surface area contributed by atoms with Crippen LogP contribution in [-0.4, -0.2) is 39.9 Å². The van der Waals surface area contributed by atoms with Crippen LogP contribution < -0.4 is 4.74 Å². The third-order valence-corrected chi connectivity index (χ3v) is 5.89. The smallest absolute Gasteiger partial charge is 0.123 e. The summed E-state index contributed by atoms with van der Waals surface area (Å²) < 4.78 is 18.7. The summed E-state index contributed by atoms with van der Waals surface area (Å²) in [5.74, 6) is 0.564. The zero-order valence-corrected chi connectivity index (χ0v) is 15.3. The predicted molar refractivity (Wildman–Crippen MR) is 101 cm³/mol. The number of fused-ring (bicyclic) bond motifs is 2. The van der Waals surface area contributed by atoms with Gasteiger partial charge in [0, 0.05) is 25.0 Å². The van der Waals surface area contributed by atoms with E-state index in [1.54, 1.807) is 12.1 Å². The number of likely N-dealkylation sites (tertiary alicyclic amines) is 1. The Morgan fingerprint density at radius 2 is 1.63 bits per heavy atom. The number of ether oxygens (including phenoxy) is 1. The maximum absolute atomic E-state index is 12.9. The van der Waals surface area contributed by atoms with Crippen LogP contribution in [0.1, 0.15) is 30.4 Å². The van der Waals surface area contributed by atoms with E-state index in [-0.39, 0.29) is 17.8 Å². The lowest BCUT2D eigenvalue weighted by molar-refractivity contribution is -0.0918. The van der Waals surface area contributed by atoms with Crippen molar-refractivity contribution in [2.45, 2.75) is 50.7 Å². The van der Waals surface area contributed by atoms with Gasteiger partial charge in [0.05, 0.1) is 12.2 Å². The van der Waals surface area contributed by atoms with Crippen LogP contribution in [0.15, 0.2) is 48.5 Å². The Kier molecular flexibility index (Phi) is 5.43. The van der Waals surface area contributed by atoms with Crippen LogP contribution >= 0.6 is 0 Å². The first-order chi connectivity index (χ1) is 13.1. The summed E-state index contributed by atoms with van der Waals surface area (Å²) in [4.78, 5) is 2.33. The van der Waals surface area contributed by atoms with Crippen molar-refractivity contribution in [3.63, 3.8) is 0 Å². The minimum atomic E-state index is -0.449. The van der Waals surface area contributed by atoms with Crippen molar-refractivity contribution >= 4 is 0 Å². The summed E-state index contributed by atoms with van der Waals surface area (Å²) in [5, 5.41) is 20.4. The molecule has 2 aromatic rings. The minimum absolute atomic E-state index is 0.0298. The van der Waals surface area contributed by atoms with Crippen molar-refractivity contribution in [3.8, 4) is 5.75 Å². The third-order valence-electron chi connectivity index (χ3n) is 5.89. The van der Waals surface area contributed by atoms with Gasteiger partial charge in [0.1, 0.15) is 18.2 Å². The van der Waals surface area contributed by atoms with E-state index in [0.29, 0.717) is 19.2 Å². The summed E-state index contributed by atoms with van der Waals surface area (Å²) >= 11 is 0. The van der Waals surface area contributed by atoms with E-state index in [1.807, 2.05) is 12.1 Å². The summed E-state index contributed by atoms with van der Waals surface area (Å²) in [6, 6.07) is 14.8. The van der Waals surface area contributed by atoms with Gasteiger partial charge < -0.3 is 14.9 Å². The number of piperidine rings is 1. The fraction of sp³-hybridized carbons (Fsp3) is 0.455. The summed E-state index contributed by atoms with van der Waals surface area (Å²) in [7, 11) is 0. The molecule has 2 aromatic carbocycles. The molecule has 1 saturated carbocycles. The molecule has 1 aliphatic carbocycles. The molecular weight excluding hydrogens is 345 g/mol. The van der Waals surface area contributed by atoms with Crippen LogP contribution in [-0.2, 0) is 13.2 Å². The van der Waals surface area contributed by atoms with Gasteiger partial charge in [0.2, 0.25) is 0 Å². The number of benzene rings is 2. The van der Waals surface area contributed by atoms with E-state index in [4.69, 9.17) is 4.74 Å². The molecule has 2 N–H and O–H groups in total. The molecule has 1 saturated heterocycles. The van der Waals surface area contributed by atoms with Gasteiger partial charge in [-0.05, 0) is 54.7 Å². The lowest BCUT2D eigenvalue weighted by Crippen LogP contribution is -2.55. The average molecular weight is 371 g/mol. The van der Waals surface area contributed by atoms with Gasteiger partial charge in [-0.25, -0.2) is 4.39 Å². The molecule has 0 aromatic heterocycles. The Labute approximate surface area is 159 Å². The lowest BCUT2D eigenvalue weighted by Gasteiger charge is -2.47. The van der Waals surface area contributed by atoms with Gasteiger partial charge >= 0.3 is 0 Å². The van der Waals surface area contributed by atoms with E-state index in [1.165, 1.54) is 17.7 Å². The topological polar surface area (TPSA) is 52.9 Å². The monoisotopic (exact) mass is 371 g/mol. The Hall–Kier alpha value is -1.95. The summed E-state index contributed by atoms with van der Waals surface area (Å²) in [5.41, 5.74) is 2.11. The predicted octanol–water partition coefficient (Wildman–Crippen LogP) is 3.11. The Balaban J connectivity index is 1.33. The van der Waals surface area contributed by atoms with Crippen LogP contribution in [0.25, 0.3) is 0 Å². The van der Waals surface area contributed by atoms with Crippen molar-refractivity contribution in [2.24, 2.45) is 5.92 Å². The Morgan fingerprint density at radius 1 is 0.926 bits per heavy atom. The van der Waals surface area contributed by atoms with Crippen LogP contribution in [0.4, 0.5) is 4.39 Å². The fourth-order valence-electron chi connectivity index (χ4n) is 4.30. The maximum atomic E-state index is 12.9. The molecule has 2 fully saturated rings. The molecule has 0 spiro atoms. The van der Waals surface area contributed by atoms with E-state index in [2.05, 4.69) is 17.0 Å². The van der Waals surface area contributed by atoms with Crippen LogP contribution in [0.5, 0.6) is 5.75 Å². The zero-order chi connectivity index (χ0) is 18.8. The molecule has 2 bridgehead atoms. The third kappa shape index (κ3) is 4.32. The molecule has 0 radical (unpaired) electrons. The first-order valence-electron chi connectivity index (χ1n) is 9.65. The van der Waals surface area contributed by atoms with Crippen LogP contribution in [0.3, 0.4) is 0 Å². The normalized spacial score (nSPS) is 28.1. The number of aliphatic hydroxyl groups excluding tert-OH is 2. The summed E-state index contributed by atoms with van der Waals surface area (Å²) in [6.07, 6.45) is 1.84. The quantitative estimate of drug-likeness (QED) is 0.848. The molecule has 0 unspecified atom stereocenters. The second-order valence-corrected chi connectivity index (χ2v) is 7.75. The van der Waals surface area contributed by atoms with Crippen LogP contribution in [0, 0.1) is 11.7 Å². The fourth-order valence-corrected chi connectivity index (χ4v) is 4.30. The molecule has 1 aliphatic heterocycles. The highest BCUT2D eigenvalue weighted by Crippen LogP contribution is 2.36. The SMILES string of the molecule is O[C@@H]1CC[C@@H]2C[C@H]1[C@@H](O)CN2Cc1ccc(OCc2ccc(F)cc2)cc1. The van der Waals surface area contributed by atoms with Crippen molar-refractivity contribution in [1.82, 2.24) is 4.90 Å². The minimum Gasteiger partial charge on any atom is -0.489 e. The van der Waals surface area contributed by atoms with Gasteiger partial charge in [-0.1, -0.05) is 24.3 Å². The van der Waals surface area contributed by atoms with Gasteiger partial charge in [-0.2, -0.15) is 0 Å². The number of hydrogen-bond acceptors (Lipinski definition) is 4. The molecule has 1 heterocycles. The van der Waals surface area contributed by atoms with E-state index < -0.39 is 6.10 Å². The van der Waals surface area contributed by atoms with E-state index >= 15 is 0 Å². The first-order valence-corrected chi connectivity index (χ1v) is 9.65. The number of hydrogen-bond donors (Lipinski definition) is 2. The second-order valence-electron chi connectivity index (χ2n) is 7.75. The van der Waals surface area contributed by atoms with Gasteiger partial charge in [0.15, 0.2) is 0 Å². The van der Waals surface area contributed by atoms with E-state index in [9.17, 15) is 14.6 Å². The molecule has 4 atom stereocenters. The van der Waals surface area contributed by atoms with Crippen molar-refractivity contribution in [2.75, 3.05) is 6.54 Å². The molecular formula is C22H26FNO3. The number of β-amino-alcohol motifs (C(OH)–C–C–N with tert-alkyl or cyclic N) is 1.